The van der Waals surface area contributed by atoms with E-state index >= 15 is 0 Å². The first-order valence-electron chi connectivity index (χ1n) is 12.4. The molecule has 2 amide bonds. The first-order chi connectivity index (χ1) is 16.9. The molecule has 1 saturated heterocycles. The largest absolute Gasteiger partial charge is 0.455 e. The Labute approximate surface area is 205 Å². The van der Waals surface area contributed by atoms with Crippen LogP contribution in [0.3, 0.4) is 0 Å². The van der Waals surface area contributed by atoms with Gasteiger partial charge in [0.15, 0.2) is 5.76 Å². The number of fused-ring (bicyclic) bond motifs is 2. The Hall–Kier alpha value is -3.45. The van der Waals surface area contributed by atoms with Gasteiger partial charge < -0.3 is 14.2 Å². The summed E-state index contributed by atoms with van der Waals surface area (Å²) in [6.07, 6.45) is 4.27. The maximum Gasteiger partial charge on any atom is 0.289 e. The highest BCUT2D eigenvalue weighted by molar-refractivity contribution is 6.09. The Morgan fingerprint density at radius 1 is 1.09 bits per heavy atom. The van der Waals surface area contributed by atoms with E-state index in [2.05, 4.69) is 22.5 Å². The minimum Gasteiger partial charge on any atom is -0.455 e. The Bertz CT molecular complexity index is 1300. The zero-order valence-electron chi connectivity index (χ0n) is 20.6. The minimum atomic E-state index is -0.249. The van der Waals surface area contributed by atoms with Gasteiger partial charge in [-0.05, 0) is 69.6 Å². The van der Waals surface area contributed by atoms with Crippen molar-refractivity contribution >= 4 is 28.3 Å². The molecule has 0 bridgehead atoms. The second-order valence-corrected chi connectivity index (χ2v) is 9.68. The lowest BCUT2D eigenvalue weighted by molar-refractivity contribution is 0.0625. The van der Waals surface area contributed by atoms with Crippen LogP contribution in [-0.4, -0.2) is 60.6 Å². The van der Waals surface area contributed by atoms with Crippen LogP contribution in [0.15, 0.2) is 52.0 Å². The summed E-state index contributed by atoms with van der Waals surface area (Å²) in [7, 11) is 3.99. The lowest BCUT2D eigenvalue weighted by Gasteiger charge is -2.34. The van der Waals surface area contributed by atoms with Gasteiger partial charge in [0.1, 0.15) is 5.76 Å². The van der Waals surface area contributed by atoms with E-state index in [1.54, 1.807) is 0 Å². The summed E-state index contributed by atoms with van der Waals surface area (Å²) >= 11 is 0. The van der Waals surface area contributed by atoms with Crippen molar-refractivity contribution in [3.05, 3.63) is 70.7 Å². The van der Waals surface area contributed by atoms with Gasteiger partial charge in [0.25, 0.3) is 11.8 Å². The Kier molecular flexibility index (Phi) is 6.43. The average Bonchev–Trinajstić information content (AvgIpc) is 3.23. The smallest absolute Gasteiger partial charge is 0.289 e. The maximum absolute atomic E-state index is 13.4. The molecule has 35 heavy (non-hydrogen) atoms. The molecule has 0 unspecified atom stereocenters. The van der Waals surface area contributed by atoms with Gasteiger partial charge >= 0.3 is 0 Å². The van der Waals surface area contributed by atoms with Gasteiger partial charge in [-0.1, -0.05) is 36.4 Å². The van der Waals surface area contributed by atoms with Crippen molar-refractivity contribution < 1.29 is 14.0 Å². The van der Waals surface area contributed by atoms with E-state index < -0.39 is 0 Å². The van der Waals surface area contributed by atoms with Crippen LogP contribution < -0.4 is 5.43 Å². The fraction of sp³-hybridized carbons (Fsp3) is 0.393. The van der Waals surface area contributed by atoms with Crippen LogP contribution in [0.5, 0.6) is 0 Å². The maximum atomic E-state index is 13.4. The minimum absolute atomic E-state index is 0.0782. The SMILES string of the molecule is Cc1c(C(=O)N(C)C2CCN(C)CC2)oc2c1/C(=N/NC(=O)c1cccc3ccccc13)CCC2. The Morgan fingerprint density at radius 3 is 2.63 bits per heavy atom. The van der Waals surface area contributed by atoms with Gasteiger partial charge in [0, 0.05) is 36.2 Å². The molecule has 1 fully saturated rings. The number of rotatable bonds is 4. The number of furan rings is 1. The molecule has 0 radical (unpaired) electrons. The van der Waals surface area contributed by atoms with Gasteiger partial charge in [-0.2, -0.15) is 5.10 Å². The first-order valence-corrected chi connectivity index (χ1v) is 12.4. The van der Waals surface area contributed by atoms with Gasteiger partial charge in [-0.3, -0.25) is 9.59 Å². The number of amides is 2. The summed E-state index contributed by atoms with van der Waals surface area (Å²) in [4.78, 5) is 30.5. The summed E-state index contributed by atoms with van der Waals surface area (Å²) in [6, 6.07) is 13.7. The number of nitrogens with one attached hydrogen (secondary N) is 1. The van der Waals surface area contributed by atoms with Gasteiger partial charge in [0.2, 0.25) is 0 Å². The van der Waals surface area contributed by atoms with E-state index in [-0.39, 0.29) is 17.9 Å². The number of hydrazone groups is 1. The lowest BCUT2D eigenvalue weighted by atomic mass is 9.93. The molecule has 5 rings (SSSR count). The first kappa shape index (κ1) is 23.3. The zero-order valence-corrected chi connectivity index (χ0v) is 20.6. The second-order valence-electron chi connectivity index (χ2n) is 9.68. The third kappa shape index (κ3) is 4.48. The molecule has 2 heterocycles. The summed E-state index contributed by atoms with van der Waals surface area (Å²) in [6.45, 7) is 3.90. The van der Waals surface area contributed by atoms with E-state index in [0.29, 0.717) is 11.3 Å². The van der Waals surface area contributed by atoms with Crippen molar-refractivity contribution in [3.63, 3.8) is 0 Å². The zero-order chi connectivity index (χ0) is 24.5. The molecule has 0 atom stereocenters. The summed E-state index contributed by atoms with van der Waals surface area (Å²) in [5.74, 6) is 0.852. The van der Waals surface area contributed by atoms with Crippen LogP contribution in [0.2, 0.25) is 0 Å². The summed E-state index contributed by atoms with van der Waals surface area (Å²) in [5, 5.41) is 6.41. The third-order valence-corrected chi connectivity index (χ3v) is 7.40. The molecule has 0 spiro atoms. The van der Waals surface area contributed by atoms with Gasteiger partial charge in [0.05, 0.1) is 5.71 Å². The highest BCUT2D eigenvalue weighted by Crippen LogP contribution is 2.31. The van der Waals surface area contributed by atoms with Crippen molar-refractivity contribution in [3.8, 4) is 0 Å². The number of carbonyl (C=O) groups is 2. The molecule has 1 aliphatic carbocycles. The quantitative estimate of drug-likeness (QED) is 0.572. The molecule has 1 N–H and O–H groups in total. The fourth-order valence-electron chi connectivity index (χ4n) is 5.29. The predicted molar refractivity (Wildman–Crippen MR) is 137 cm³/mol. The van der Waals surface area contributed by atoms with Gasteiger partial charge in [-0.15, -0.1) is 0 Å². The summed E-state index contributed by atoms with van der Waals surface area (Å²) < 4.78 is 6.12. The molecule has 182 valence electrons. The molecular weight excluding hydrogens is 440 g/mol. The molecule has 0 saturated carbocycles. The van der Waals surface area contributed by atoms with Crippen LogP contribution in [0.4, 0.5) is 0 Å². The van der Waals surface area contributed by atoms with E-state index in [1.165, 1.54) is 0 Å². The van der Waals surface area contributed by atoms with Crippen molar-refractivity contribution in [2.75, 3.05) is 27.2 Å². The standard InChI is InChI=1S/C28H32N4O3/c1-18-25-23(29-30-27(33)22-11-6-9-19-8-4-5-10-21(19)22)12-7-13-24(25)35-26(18)28(34)32(3)20-14-16-31(2)17-15-20/h4-6,8-11,20H,7,12-17H2,1-3H3,(H,30,33)/b29-23+. The van der Waals surface area contributed by atoms with Crippen LogP contribution in [-0.2, 0) is 6.42 Å². The normalized spacial score (nSPS) is 18.0. The number of hydrogen-bond donors (Lipinski definition) is 1. The molecular formula is C28H32N4O3. The van der Waals surface area contributed by atoms with E-state index in [4.69, 9.17) is 4.42 Å². The monoisotopic (exact) mass is 472 g/mol. The van der Waals surface area contributed by atoms with Crippen LogP contribution in [0.1, 0.15) is 63.5 Å². The average molecular weight is 473 g/mol. The summed E-state index contributed by atoms with van der Waals surface area (Å²) in [5.41, 5.74) is 5.78. The lowest BCUT2D eigenvalue weighted by Crippen LogP contribution is -2.44. The van der Waals surface area contributed by atoms with E-state index in [0.717, 1.165) is 78.6 Å². The second kappa shape index (κ2) is 9.66. The van der Waals surface area contributed by atoms with Crippen LogP contribution in [0.25, 0.3) is 10.8 Å². The van der Waals surface area contributed by atoms with Gasteiger partial charge in [-0.25, -0.2) is 5.43 Å². The number of likely N-dealkylation sites (tertiary alicyclic amines) is 1. The number of carbonyl (C=O) groups excluding carboxylic acids is 2. The molecule has 1 aromatic heterocycles. The van der Waals surface area contributed by atoms with Crippen LogP contribution in [0, 0.1) is 6.92 Å². The van der Waals surface area contributed by atoms with E-state index in [1.807, 2.05) is 61.3 Å². The number of hydrogen-bond acceptors (Lipinski definition) is 5. The van der Waals surface area contributed by atoms with Crippen molar-refractivity contribution in [2.24, 2.45) is 5.10 Å². The van der Waals surface area contributed by atoms with Crippen molar-refractivity contribution in [1.82, 2.24) is 15.2 Å². The highest BCUT2D eigenvalue weighted by Gasteiger charge is 2.32. The van der Waals surface area contributed by atoms with Crippen molar-refractivity contribution in [2.45, 2.75) is 45.1 Å². The third-order valence-electron chi connectivity index (χ3n) is 7.40. The molecule has 7 nitrogen and oxygen atoms in total. The number of piperidine rings is 1. The number of benzene rings is 2. The predicted octanol–water partition coefficient (Wildman–Crippen LogP) is 4.38. The number of aryl methyl sites for hydroxylation is 1. The topological polar surface area (TPSA) is 78.2 Å². The Morgan fingerprint density at radius 2 is 1.83 bits per heavy atom. The molecule has 3 aromatic rings. The highest BCUT2D eigenvalue weighted by atomic mass is 16.4. The van der Waals surface area contributed by atoms with Crippen molar-refractivity contribution in [1.29, 1.82) is 0 Å². The number of nitrogens with zero attached hydrogens (tertiary/aromatic N) is 3. The molecule has 1 aliphatic heterocycles. The molecule has 7 heteroatoms. The van der Waals surface area contributed by atoms with E-state index in [9.17, 15) is 9.59 Å². The fourth-order valence-corrected chi connectivity index (χ4v) is 5.29. The Balaban J connectivity index is 1.38. The molecule has 2 aromatic carbocycles. The molecule has 2 aliphatic rings. The van der Waals surface area contributed by atoms with Crippen LogP contribution >= 0.6 is 0 Å².